The maximum Gasteiger partial charge on any atom is 0.335 e. The van der Waals surface area contributed by atoms with Crippen LogP contribution in [0.25, 0.3) is 11.4 Å². The molecule has 0 aliphatic heterocycles. The molecule has 4 aromatic rings. The Morgan fingerprint density at radius 2 is 1.66 bits per heavy atom. The Labute approximate surface area is 186 Å². The molecular formula is C22H18ClN5O4. The van der Waals surface area contributed by atoms with Crippen LogP contribution in [0.3, 0.4) is 0 Å². The van der Waals surface area contributed by atoms with Gasteiger partial charge in [-0.05, 0) is 43.3 Å². The number of H-pyrrole nitrogens is 1. The highest BCUT2D eigenvalue weighted by molar-refractivity contribution is 6.30. The van der Waals surface area contributed by atoms with Crippen LogP contribution in [0.5, 0.6) is 5.88 Å². The van der Waals surface area contributed by atoms with Crippen molar-refractivity contribution in [3.63, 3.8) is 0 Å². The van der Waals surface area contributed by atoms with Crippen LogP contribution in [0, 0.1) is 6.92 Å². The van der Waals surface area contributed by atoms with E-state index in [0.717, 1.165) is 10.8 Å². The highest BCUT2D eigenvalue weighted by Crippen LogP contribution is 2.20. The van der Waals surface area contributed by atoms with Crippen LogP contribution in [0.1, 0.15) is 11.3 Å². The molecule has 9 nitrogen and oxygen atoms in total. The lowest BCUT2D eigenvalue weighted by Crippen LogP contribution is -2.31. The van der Waals surface area contributed by atoms with Crippen molar-refractivity contribution in [1.29, 1.82) is 0 Å². The second-order valence-electron chi connectivity index (χ2n) is 6.98. The number of nitrogens with zero attached hydrogens (tertiary/aromatic N) is 4. The normalized spacial score (nSPS) is 11.3. The number of halogens is 1. The van der Waals surface area contributed by atoms with Crippen LogP contribution >= 0.6 is 11.6 Å². The zero-order chi connectivity index (χ0) is 23.0. The molecule has 2 aromatic heterocycles. The molecule has 0 amide bonds. The Balaban J connectivity index is 1.84. The number of aromatic amines is 1. The average Bonchev–Trinajstić information content (AvgIpc) is 2.98. The summed E-state index contributed by atoms with van der Waals surface area (Å²) in [5.74, 6) is -0.609. The number of aliphatic imine (C=N–C) groups is 1. The Morgan fingerprint density at radius 3 is 2.31 bits per heavy atom. The van der Waals surface area contributed by atoms with E-state index in [1.54, 1.807) is 42.9 Å². The largest absolute Gasteiger partial charge is 0.493 e. The van der Waals surface area contributed by atoms with E-state index < -0.39 is 22.7 Å². The van der Waals surface area contributed by atoms with Crippen molar-refractivity contribution in [2.24, 2.45) is 12.0 Å². The van der Waals surface area contributed by atoms with E-state index in [1.165, 1.54) is 16.8 Å². The first-order valence-corrected chi connectivity index (χ1v) is 9.89. The van der Waals surface area contributed by atoms with Crippen molar-refractivity contribution in [1.82, 2.24) is 18.9 Å². The van der Waals surface area contributed by atoms with Crippen molar-refractivity contribution in [3.05, 3.63) is 102 Å². The quantitative estimate of drug-likeness (QED) is 0.464. The molecule has 0 saturated carbocycles. The highest BCUT2D eigenvalue weighted by Gasteiger charge is 2.17. The van der Waals surface area contributed by atoms with Gasteiger partial charge in [-0.3, -0.25) is 19.3 Å². The number of nitrogens with one attached hydrogen (secondary N) is 1. The van der Waals surface area contributed by atoms with Gasteiger partial charge in [-0.25, -0.2) is 19.0 Å². The zero-order valence-corrected chi connectivity index (χ0v) is 17.9. The van der Waals surface area contributed by atoms with E-state index in [1.807, 2.05) is 18.2 Å². The summed E-state index contributed by atoms with van der Waals surface area (Å²) in [7, 11) is 1.72. The van der Waals surface area contributed by atoms with Gasteiger partial charge in [0, 0.05) is 18.3 Å². The number of rotatable bonds is 4. The number of hydrogen-bond donors (Lipinski definition) is 2. The van der Waals surface area contributed by atoms with Crippen LogP contribution in [0.15, 0.2) is 74.0 Å². The maximum atomic E-state index is 13.0. The van der Waals surface area contributed by atoms with Crippen LogP contribution in [0.4, 0.5) is 5.69 Å². The Morgan fingerprint density at radius 1 is 1.00 bits per heavy atom. The highest BCUT2D eigenvalue weighted by atomic mass is 35.5. The van der Waals surface area contributed by atoms with Gasteiger partial charge in [0.25, 0.3) is 11.1 Å². The second kappa shape index (κ2) is 8.20. The molecular weight excluding hydrogens is 434 g/mol. The lowest BCUT2D eigenvalue weighted by atomic mass is 10.3. The summed E-state index contributed by atoms with van der Waals surface area (Å²) in [6, 6.07) is 15.1. The standard InChI is InChI=1S/C22H18ClN5O4/c1-13-18(21(31)28(26(13)2)16-6-4-3-5-7-16)24-12-17-19(29)25-22(32)27(20(17)30)15-10-8-14(23)9-11-15/h3-12,30H,1-2H3,(H,25,29,32). The van der Waals surface area contributed by atoms with Gasteiger partial charge in [0.15, 0.2) is 5.69 Å². The minimum atomic E-state index is -0.835. The van der Waals surface area contributed by atoms with Gasteiger partial charge >= 0.3 is 5.69 Å². The van der Waals surface area contributed by atoms with Crippen molar-refractivity contribution in [3.8, 4) is 17.3 Å². The molecule has 32 heavy (non-hydrogen) atoms. The van der Waals surface area contributed by atoms with Gasteiger partial charge in [-0.1, -0.05) is 29.8 Å². The molecule has 0 radical (unpaired) electrons. The van der Waals surface area contributed by atoms with Crippen LogP contribution in [0.2, 0.25) is 5.02 Å². The van der Waals surface area contributed by atoms with Crippen molar-refractivity contribution < 1.29 is 5.11 Å². The summed E-state index contributed by atoms with van der Waals surface area (Å²) in [5.41, 5.74) is -0.723. The molecule has 2 N–H and O–H groups in total. The van der Waals surface area contributed by atoms with Crippen LogP contribution < -0.4 is 16.8 Å². The molecule has 4 rings (SSSR count). The van der Waals surface area contributed by atoms with Gasteiger partial charge in [-0.2, -0.15) is 0 Å². The number of benzene rings is 2. The summed E-state index contributed by atoms with van der Waals surface area (Å²) < 4.78 is 4.00. The van der Waals surface area contributed by atoms with Gasteiger partial charge in [0.05, 0.1) is 17.1 Å². The molecule has 0 bridgehead atoms. The second-order valence-corrected chi connectivity index (χ2v) is 7.41. The van der Waals surface area contributed by atoms with E-state index in [9.17, 15) is 19.5 Å². The average molecular weight is 452 g/mol. The minimum absolute atomic E-state index is 0.0967. The molecule has 0 spiro atoms. The fraction of sp³-hybridized carbons (Fsp3) is 0.0909. The zero-order valence-electron chi connectivity index (χ0n) is 17.1. The van der Waals surface area contributed by atoms with Gasteiger partial charge in [-0.15, -0.1) is 0 Å². The topological polar surface area (TPSA) is 114 Å². The van der Waals surface area contributed by atoms with Gasteiger partial charge < -0.3 is 5.11 Å². The first-order chi connectivity index (χ1) is 15.3. The number of para-hydroxylation sites is 1. The molecule has 0 fully saturated rings. The number of aromatic hydroxyl groups is 1. The third-order valence-electron chi connectivity index (χ3n) is 5.05. The summed E-state index contributed by atoms with van der Waals surface area (Å²) in [6.07, 6.45) is 1.07. The van der Waals surface area contributed by atoms with E-state index in [4.69, 9.17) is 11.6 Å². The maximum absolute atomic E-state index is 13.0. The van der Waals surface area contributed by atoms with Gasteiger partial charge in [0.2, 0.25) is 5.88 Å². The fourth-order valence-electron chi connectivity index (χ4n) is 3.32. The third kappa shape index (κ3) is 3.58. The first kappa shape index (κ1) is 21.1. The first-order valence-electron chi connectivity index (χ1n) is 9.52. The lowest BCUT2D eigenvalue weighted by Gasteiger charge is -2.09. The Hall–Kier alpha value is -4.11. The Kier molecular flexibility index (Phi) is 5.41. The summed E-state index contributed by atoms with van der Waals surface area (Å²) >= 11 is 5.88. The summed E-state index contributed by atoms with van der Waals surface area (Å²) in [6.45, 7) is 1.71. The SMILES string of the molecule is Cc1c(N=Cc2c(O)n(-c3ccc(Cl)cc3)c(=O)[nH]c2=O)c(=O)n(-c2ccccc2)n1C. The van der Waals surface area contributed by atoms with E-state index in [2.05, 4.69) is 9.98 Å². The van der Waals surface area contributed by atoms with Crippen molar-refractivity contribution >= 4 is 23.5 Å². The lowest BCUT2D eigenvalue weighted by molar-refractivity contribution is 0.430. The van der Waals surface area contributed by atoms with E-state index in [0.29, 0.717) is 22.1 Å². The monoisotopic (exact) mass is 451 g/mol. The van der Waals surface area contributed by atoms with Gasteiger partial charge in [0.1, 0.15) is 5.56 Å². The molecule has 0 aliphatic carbocycles. The van der Waals surface area contributed by atoms with Crippen LogP contribution in [-0.4, -0.2) is 30.2 Å². The summed E-state index contributed by atoms with van der Waals surface area (Å²) in [5, 5.41) is 11.1. The fourth-order valence-corrected chi connectivity index (χ4v) is 3.44. The molecule has 2 heterocycles. The third-order valence-corrected chi connectivity index (χ3v) is 5.30. The van der Waals surface area contributed by atoms with E-state index >= 15 is 0 Å². The number of aromatic nitrogens is 4. The van der Waals surface area contributed by atoms with Crippen molar-refractivity contribution in [2.45, 2.75) is 6.92 Å². The molecule has 0 atom stereocenters. The Bertz CT molecular complexity index is 1510. The predicted octanol–water partition coefficient (Wildman–Crippen LogP) is 2.43. The van der Waals surface area contributed by atoms with Crippen LogP contribution in [-0.2, 0) is 7.05 Å². The smallest absolute Gasteiger partial charge is 0.335 e. The summed E-state index contributed by atoms with van der Waals surface area (Å²) in [4.78, 5) is 44.0. The number of hydrogen-bond acceptors (Lipinski definition) is 5. The predicted molar refractivity (Wildman–Crippen MR) is 122 cm³/mol. The molecule has 162 valence electrons. The molecule has 0 unspecified atom stereocenters. The minimum Gasteiger partial charge on any atom is -0.493 e. The molecule has 10 heteroatoms. The molecule has 0 aliphatic rings. The molecule has 2 aromatic carbocycles. The van der Waals surface area contributed by atoms with E-state index in [-0.39, 0.29) is 11.3 Å². The molecule has 0 saturated heterocycles. The van der Waals surface area contributed by atoms with Crippen molar-refractivity contribution in [2.75, 3.05) is 0 Å².